The summed E-state index contributed by atoms with van der Waals surface area (Å²) >= 11 is 0. The first kappa shape index (κ1) is 17.5. The Kier molecular flexibility index (Phi) is 5.36. The highest BCUT2D eigenvalue weighted by atomic mass is 16.6. The number of benzene rings is 2. The van der Waals surface area contributed by atoms with Crippen LogP contribution >= 0.6 is 0 Å². The molecule has 2 aromatic rings. The van der Waals surface area contributed by atoms with Gasteiger partial charge in [-0.2, -0.15) is 5.10 Å². The molecule has 0 heterocycles. The SMILES string of the molecule is O=C(Cc1ccc([N+](=O)[O-])cc1)N/N=C\c1cc([N+](=O)[O-])ccc1O. The Morgan fingerprint density at radius 2 is 1.68 bits per heavy atom. The molecule has 0 aromatic heterocycles. The molecule has 25 heavy (non-hydrogen) atoms. The molecule has 0 aliphatic heterocycles. The van der Waals surface area contributed by atoms with Crippen molar-refractivity contribution in [2.75, 3.05) is 0 Å². The van der Waals surface area contributed by atoms with Crippen LogP contribution in [0.25, 0.3) is 0 Å². The van der Waals surface area contributed by atoms with E-state index in [1.54, 1.807) is 0 Å². The average Bonchev–Trinajstić information content (AvgIpc) is 2.56. The molecule has 10 nitrogen and oxygen atoms in total. The number of hydrogen-bond donors (Lipinski definition) is 2. The Labute approximate surface area is 140 Å². The minimum atomic E-state index is -0.621. The zero-order chi connectivity index (χ0) is 18.4. The molecule has 128 valence electrons. The Morgan fingerprint density at radius 3 is 2.28 bits per heavy atom. The Hall–Kier alpha value is -3.82. The molecule has 0 saturated carbocycles. The van der Waals surface area contributed by atoms with Gasteiger partial charge in [0.1, 0.15) is 5.75 Å². The third-order valence-corrected chi connectivity index (χ3v) is 3.13. The van der Waals surface area contributed by atoms with E-state index in [0.29, 0.717) is 5.56 Å². The van der Waals surface area contributed by atoms with E-state index in [1.807, 2.05) is 0 Å². The standard InChI is InChI=1S/C15H12N4O6/c20-14-6-5-13(19(24)25)8-11(14)9-16-17-15(21)7-10-1-3-12(4-2-10)18(22)23/h1-6,8-9,20H,7H2,(H,17,21)/b16-9-. The van der Waals surface area contributed by atoms with Gasteiger partial charge in [0.2, 0.25) is 5.91 Å². The average molecular weight is 344 g/mol. The number of carbonyl (C=O) groups is 1. The number of non-ortho nitro benzene ring substituents is 2. The van der Waals surface area contributed by atoms with Crippen LogP contribution in [0.1, 0.15) is 11.1 Å². The van der Waals surface area contributed by atoms with Crippen LogP contribution in [0.15, 0.2) is 47.6 Å². The number of nitro benzene ring substituents is 2. The molecule has 0 fully saturated rings. The van der Waals surface area contributed by atoms with Crippen LogP contribution in [0, 0.1) is 20.2 Å². The molecule has 0 saturated heterocycles. The highest BCUT2D eigenvalue weighted by molar-refractivity contribution is 5.86. The second-order valence-corrected chi connectivity index (χ2v) is 4.89. The molecule has 2 N–H and O–H groups in total. The first-order valence-electron chi connectivity index (χ1n) is 6.89. The molecule has 0 aliphatic rings. The van der Waals surface area contributed by atoms with Crippen LogP contribution in [0.3, 0.4) is 0 Å². The van der Waals surface area contributed by atoms with E-state index in [9.17, 15) is 30.1 Å². The summed E-state index contributed by atoms with van der Waals surface area (Å²) in [6, 6.07) is 8.88. The van der Waals surface area contributed by atoms with Crippen LogP contribution in [0.2, 0.25) is 0 Å². The minimum Gasteiger partial charge on any atom is -0.507 e. The first-order chi connectivity index (χ1) is 11.9. The topological polar surface area (TPSA) is 148 Å². The predicted octanol–water partition coefficient (Wildman–Crippen LogP) is 1.90. The maximum atomic E-state index is 11.8. The quantitative estimate of drug-likeness (QED) is 0.464. The normalized spacial score (nSPS) is 10.6. The van der Waals surface area contributed by atoms with E-state index in [0.717, 1.165) is 24.4 Å². The summed E-state index contributed by atoms with van der Waals surface area (Å²) in [6.07, 6.45) is 1.02. The Balaban J connectivity index is 1.97. The van der Waals surface area contributed by atoms with Crippen LogP contribution in [-0.2, 0) is 11.2 Å². The van der Waals surface area contributed by atoms with Gasteiger partial charge in [0, 0.05) is 29.8 Å². The van der Waals surface area contributed by atoms with Crippen LogP contribution in [0.4, 0.5) is 11.4 Å². The highest BCUT2D eigenvalue weighted by Crippen LogP contribution is 2.21. The van der Waals surface area contributed by atoms with Gasteiger partial charge in [0.25, 0.3) is 11.4 Å². The van der Waals surface area contributed by atoms with Crippen LogP contribution in [-0.4, -0.2) is 27.1 Å². The molecule has 10 heteroatoms. The van der Waals surface area contributed by atoms with Gasteiger partial charge in [0.05, 0.1) is 22.5 Å². The lowest BCUT2D eigenvalue weighted by atomic mass is 10.1. The monoisotopic (exact) mass is 344 g/mol. The number of phenolic OH excluding ortho intramolecular Hbond substituents is 1. The summed E-state index contributed by atoms with van der Waals surface area (Å²) in [5, 5.41) is 34.5. The van der Waals surface area contributed by atoms with Crippen molar-refractivity contribution in [1.82, 2.24) is 5.43 Å². The molecule has 0 bridgehead atoms. The summed E-state index contributed by atoms with van der Waals surface area (Å²) in [5.74, 6) is -0.714. The van der Waals surface area contributed by atoms with Crippen molar-refractivity contribution in [3.8, 4) is 5.75 Å². The van der Waals surface area contributed by atoms with E-state index in [4.69, 9.17) is 0 Å². The second kappa shape index (κ2) is 7.64. The molecule has 0 aliphatic carbocycles. The predicted molar refractivity (Wildman–Crippen MR) is 87.3 cm³/mol. The summed E-state index contributed by atoms with van der Waals surface area (Å²) in [5.41, 5.74) is 2.53. The molecule has 2 aromatic carbocycles. The summed E-state index contributed by atoms with van der Waals surface area (Å²) in [6.45, 7) is 0. The third-order valence-electron chi connectivity index (χ3n) is 3.13. The van der Waals surface area contributed by atoms with Gasteiger partial charge >= 0.3 is 0 Å². The van der Waals surface area contributed by atoms with E-state index in [-0.39, 0.29) is 29.1 Å². The van der Waals surface area contributed by atoms with Crippen LogP contribution < -0.4 is 5.43 Å². The fraction of sp³-hybridized carbons (Fsp3) is 0.0667. The lowest BCUT2D eigenvalue weighted by Gasteiger charge is -2.01. The molecule has 0 spiro atoms. The van der Waals surface area contributed by atoms with E-state index < -0.39 is 15.8 Å². The van der Waals surface area contributed by atoms with E-state index in [2.05, 4.69) is 10.5 Å². The second-order valence-electron chi connectivity index (χ2n) is 4.89. The van der Waals surface area contributed by atoms with Crippen LogP contribution in [0.5, 0.6) is 5.75 Å². The van der Waals surface area contributed by atoms with Crippen molar-refractivity contribution in [3.05, 3.63) is 73.8 Å². The Bertz CT molecular complexity index is 848. The van der Waals surface area contributed by atoms with E-state index >= 15 is 0 Å². The van der Waals surface area contributed by atoms with Gasteiger partial charge in [-0.05, 0) is 11.6 Å². The number of rotatable bonds is 6. The van der Waals surface area contributed by atoms with Gasteiger partial charge in [-0.15, -0.1) is 0 Å². The Morgan fingerprint density at radius 1 is 1.08 bits per heavy atom. The minimum absolute atomic E-state index is 0.0593. The van der Waals surface area contributed by atoms with Crippen molar-refractivity contribution in [2.45, 2.75) is 6.42 Å². The van der Waals surface area contributed by atoms with Crippen molar-refractivity contribution in [1.29, 1.82) is 0 Å². The summed E-state index contributed by atoms with van der Waals surface area (Å²) < 4.78 is 0. The zero-order valence-corrected chi connectivity index (χ0v) is 12.7. The largest absolute Gasteiger partial charge is 0.507 e. The zero-order valence-electron chi connectivity index (χ0n) is 12.7. The van der Waals surface area contributed by atoms with Gasteiger partial charge < -0.3 is 5.11 Å². The number of amides is 1. The highest BCUT2D eigenvalue weighted by Gasteiger charge is 2.09. The third kappa shape index (κ3) is 4.82. The van der Waals surface area contributed by atoms with Crippen molar-refractivity contribution in [2.24, 2.45) is 5.10 Å². The first-order valence-corrected chi connectivity index (χ1v) is 6.89. The number of aromatic hydroxyl groups is 1. The van der Waals surface area contributed by atoms with E-state index in [1.165, 1.54) is 24.3 Å². The number of nitro groups is 2. The smallest absolute Gasteiger partial charge is 0.270 e. The maximum Gasteiger partial charge on any atom is 0.270 e. The maximum absolute atomic E-state index is 11.8. The molecule has 1 amide bonds. The number of phenols is 1. The molecule has 0 radical (unpaired) electrons. The number of hydrogen-bond acceptors (Lipinski definition) is 7. The molecule has 0 atom stereocenters. The number of hydrazone groups is 1. The fourth-order valence-corrected chi connectivity index (χ4v) is 1.89. The number of nitrogens with zero attached hydrogens (tertiary/aromatic N) is 3. The molecular formula is C15H12N4O6. The van der Waals surface area contributed by atoms with Crippen molar-refractivity contribution >= 4 is 23.5 Å². The summed E-state index contributed by atoms with van der Waals surface area (Å²) in [7, 11) is 0. The number of carbonyl (C=O) groups excluding carboxylic acids is 1. The fourth-order valence-electron chi connectivity index (χ4n) is 1.89. The van der Waals surface area contributed by atoms with Gasteiger partial charge in [-0.3, -0.25) is 25.0 Å². The van der Waals surface area contributed by atoms with Crippen molar-refractivity contribution < 1.29 is 19.7 Å². The van der Waals surface area contributed by atoms with Gasteiger partial charge in [-0.25, -0.2) is 5.43 Å². The van der Waals surface area contributed by atoms with Crippen molar-refractivity contribution in [3.63, 3.8) is 0 Å². The molecule has 2 rings (SSSR count). The molecule has 0 unspecified atom stereocenters. The van der Waals surface area contributed by atoms with Gasteiger partial charge in [-0.1, -0.05) is 12.1 Å². The molecular weight excluding hydrogens is 332 g/mol. The lowest BCUT2D eigenvalue weighted by Crippen LogP contribution is -2.19. The lowest BCUT2D eigenvalue weighted by molar-refractivity contribution is -0.385. The summed E-state index contributed by atoms with van der Waals surface area (Å²) in [4.78, 5) is 31.8. The van der Waals surface area contributed by atoms with Gasteiger partial charge in [0.15, 0.2) is 0 Å². The number of nitrogens with one attached hydrogen (secondary N) is 1.